The highest BCUT2D eigenvalue weighted by Gasteiger charge is 2.26. The topological polar surface area (TPSA) is 54.1 Å². The van der Waals surface area contributed by atoms with Crippen LogP contribution >= 0.6 is 0 Å². The Balaban J connectivity index is 2.46. The number of hydrogen-bond donors (Lipinski definition) is 0. The fraction of sp³-hybridized carbons (Fsp3) is 0.333. The zero-order valence-corrected chi connectivity index (χ0v) is 13.5. The normalized spacial score (nSPS) is 15.6. The van der Waals surface area contributed by atoms with E-state index < -0.39 is 0 Å². The van der Waals surface area contributed by atoms with Crippen LogP contribution in [0.3, 0.4) is 0 Å². The van der Waals surface area contributed by atoms with Crippen molar-refractivity contribution in [2.45, 2.75) is 13.8 Å². The van der Waals surface area contributed by atoms with Gasteiger partial charge in [0.05, 0.1) is 0 Å². The van der Waals surface area contributed by atoms with Crippen molar-refractivity contribution in [1.82, 2.24) is 4.90 Å². The molecule has 1 saturated heterocycles. The average molecular weight is 292 g/mol. The zero-order chi connectivity index (χ0) is 16.3. The van der Waals surface area contributed by atoms with Crippen molar-refractivity contribution < 1.29 is 0 Å². The van der Waals surface area contributed by atoms with E-state index in [0.29, 0.717) is 13.1 Å². The molecule has 1 aliphatic heterocycles. The van der Waals surface area contributed by atoms with Crippen LogP contribution in [0.4, 0.5) is 5.69 Å². The third-order valence-electron chi connectivity index (χ3n) is 3.73. The molecule has 1 aromatic rings. The minimum absolute atomic E-state index is 0.209. The van der Waals surface area contributed by atoms with Crippen LogP contribution < -0.4 is 4.90 Å². The monoisotopic (exact) mass is 292 g/mol. The third-order valence-corrected chi connectivity index (χ3v) is 3.73. The summed E-state index contributed by atoms with van der Waals surface area (Å²) in [6.07, 6.45) is 1.99. The fourth-order valence-electron chi connectivity index (χ4n) is 2.81. The van der Waals surface area contributed by atoms with E-state index in [9.17, 15) is 10.5 Å². The van der Waals surface area contributed by atoms with E-state index >= 15 is 0 Å². The van der Waals surface area contributed by atoms with E-state index in [1.165, 1.54) is 11.1 Å². The molecular weight excluding hydrogens is 272 g/mol. The Hall–Kier alpha value is -2.72. The first-order chi connectivity index (χ1) is 10.5. The van der Waals surface area contributed by atoms with E-state index in [4.69, 9.17) is 0 Å². The number of hydrogen-bond acceptors (Lipinski definition) is 4. The first kappa shape index (κ1) is 15.7. The van der Waals surface area contributed by atoms with Crippen LogP contribution in [-0.4, -0.2) is 32.1 Å². The molecule has 0 unspecified atom stereocenters. The molecular formula is C18H20N4. The molecule has 0 N–H and O–H groups in total. The highest BCUT2D eigenvalue weighted by molar-refractivity contribution is 5.64. The van der Waals surface area contributed by atoms with Gasteiger partial charge in [0.1, 0.15) is 17.7 Å². The maximum atomic E-state index is 9.20. The van der Waals surface area contributed by atoms with Crippen LogP contribution in [0.5, 0.6) is 0 Å². The second kappa shape index (κ2) is 6.37. The van der Waals surface area contributed by atoms with E-state index in [1.54, 1.807) is 0 Å². The van der Waals surface area contributed by atoms with Gasteiger partial charge >= 0.3 is 0 Å². The number of rotatable bonds is 2. The molecule has 1 heterocycles. The molecule has 0 saturated carbocycles. The lowest BCUT2D eigenvalue weighted by atomic mass is 10.1. The number of allylic oxidation sites excluding steroid dienone is 1. The molecule has 1 aromatic carbocycles. The molecule has 4 heteroatoms. The van der Waals surface area contributed by atoms with Crippen LogP contribution in [0.2, 0.25) is 0 Å². The van der Waals surface area contributed by atoms with Gasteiger partial charge in [-0.2, -0.15) is 10.5 Å². The molecule has 0 radical (unpaired) electrons. The molecule has 112 valence electrons. The van der Waals surface area contributed by atoms with Gasteiger partial charge in [0, 0.05) is 44.6 Å². The van der Waals surface area contributed by atoms with E-state index in [1.807, 2.05) is 37.3 Å². The number of anilines is 1. The average Bonchev–Trinajstić information content (AvgIpc) is 2.83. The van der Waals surface area contributed by atoms with Crippen molar-refractivity contribution in [1.29, 1.82) is 10.5 Å². The first-order valence-corrected chi connectivity index (χ1v) is 7.19. The van der Waals surface area contributed by atoms with Gasteiger partial charge in [0.15, 0.2) is 0 Å². The highest BCUT2D eigenvalue weighted by atomic mass is 15.2. The van der Waals surface area contributed by atoms with E-state index in [2.05, 4.69) is 36.9 Å². The van der Waals surface area contributed by atoms with Crippen molar-refractivity contribution in [2.75, 3.05) is 32.1 Å². The summed E-state index contributed by atoms with van der Waals surface area (Å²) in [6.45, 7) is 5.48. The quantitative estimate of drug-likeness (QED) is 0.786. The molecule has 0 aromatic heterocycles. The van der Waals surface area contributed by atoms with E-state index in [-0.39, 0.29) is 5.57 Å². The summed E-state index contributed by atoms with van der Waals surface area (Å²) in [4.78, 5) is 4.17. The Bertz CT molecular complexity index is 710. The lowest BCUT2D eigenvalue weighted by Gasteiger charge is -2.20. The molecule has 22 heavy (non-hydrogen) atoms. The van der Waals surface area contributed by atoms with Gasteiger partial charge < -0.3 is 9.80 Å². The van der Waals surface area contributed by atoms with Gasteiger partial charge in [-0.1, -0.05) is 17.7 Å². The van der Waals surface area contributed by atoms with Gasteiger partial charge in [-0.25, -0.2) is 0 Å². The zero-order valence-electron chi connectivity index (χ0n) is 13.5. The molecule has 0 amide bonds. The predicted octanol–water partition coefficient (Wildman–Crippen LogP) is 2.91. The molecule has 2 rings (SSSR count). The summed E-state index contributed by atoms with van der Waals surface area (Å²) >= 11 is 0. The molecule has 0 aliphatic carbocycles. The molecule has 1 fully saturated rings. The van der Waals surface area contributed by atoms with Crippen molar-refractivity contribution in [3.8, 4) is 12.1 Å². The molecule has 1 aliphatic rings. The largest absolute Gasteiger partial charge is 0.383 e. The SMILES string of the molecule is Cc1ccc(N2CC(=CN(C)C)C(=C(C#N)C#N)C2)c(C)c1. The van der Waals surface area contributed by atoms with Gasteiger partial charge in [-0.15, -0.1) is 0 Å². The van der Waals surface area contributed by atoms with Crippen LogP contribution in [0, 0.1) is 36.5 Å². The Morgan fingerprint density at radius 2 is 1.86 bits per heavy atom. The summed E-state index contributed by atoms with van der Waals surface area (Å²) in [7, 11) is 3.89. The fourth-order valence-corrected chi connectivity index (χ4v) is 2.81. The van der Waals surface area contributed by atoms with Gasteiger partial charge in [0.2, 0.25) is 0 Å². The van der Waals surface area contributed by atoms with Crippen LogP contribution in [0.1, 0.15) is 11.1 Å². The Kier molecular flexibility index (Phi) is 4.53. The number of nitriles is 2. The summed E-state index contributed by atoms with van der Waals surface area (Å²) in [5, 5.41) is 18.4. The summed E-state index contributed by atoms with van der Waals surface area (Å²) in [5.41, 5.74) is 5.67. The van der Waals surface area contributed by atoms with Crippen LogP contribution in [0.15, 0.2) is 41.1 Å². The Morgan fingerprint density at radius 1 is 1.18 bits per heavy atom. The Morgan fingerprint density at radius 3 is 2.41 bits per heavy atom. The Labute approximate surface area is 132 Å². The summed E-state index contributed by atoms with van der Waals surface area (Å²) in [5.74, 6) is 0. The van der Waals surface area contributed by atoms with Gasteiger partial charge in [0.25, 0.3) is 0 Å². The van der Waals surface area contributed by atoms with Gasteiger partial charge in [-0.05, 0) is 31.1 Å². The second-order valence-corrected chi connectivity index (χ2v) is 5.84. The molecule has 4 nitrogen and oxygen atoms in total. The van der Waals surface area contributed by atoms with Crippen molar-refractivity contribution in [3.63, 3.8) is 0 Å². The number of benzene rings is 1. The maximum absolute atomic E-state index is 9.20. The van der Waals surface area contributed by atoms with E-state index in [0.717, 1.165) is 16.8 Å². The third kappa shape index (κ3) is 3.13. The minimum atomic E-state index is 0.209. The smallest absolute Gasteiger partial charge is 0.135 e. The molecule has 0 atom stereocenters. The lowest BCUT2D eigenvalue weighted by molar-refractivity contribution is 0.559. The summed E-state index contributed by atoms with van der Waals surface area (Å²) in [6, 6.07) is 10.4. The summed E-state index contributed by atoms with van der Waals surface area (Å²) < 4.78 is 0. The predicted molar refractivity (Wildman–Crippen MR) is 88.2 cm³/mol. The van der Waals surface area contributed by atoms with Crippen molar-refractivity contribution in [2.24, 2.45) is 0 Å². The standard InChI is InChI=1S/C18H20N4/c1-13-5-6-18(14(2)7-13)22-11-16(10-21(3)4)17(12-22)15(8-19)9-20/h5-7,10H,11-12H2,1-4H3. The van der Waals surface area contributed by atoms with Crippen molar-refractivity contribution >= 4 is 5.69 Å². The highest BCUT2D eigenvalue weighted by Crippen LogP contribution is 2.31. The second-order valence-electron chi connectivity index (χ2n) is 5.84. The minimum Gasteiger partial charge on any atom is -0.383 e. The lowest BCUT2D eigenvalue weighted by Crippen LogP contribution is -2.19. The molecule has 0 bridgehead atoms. The number of aryl methyl sites for hydroxylation is 2. The maximum Gasteiger partial charge on any atom is 0.135 e. The first-order valence-electron chi connectivity index (χ1n) is 7.19. The van der Waals surface area contributed by atoms with Crippen LogP contribution in [-0.2, 0) is 0 Å². The van der Waals surface area contributed by atoms with Crippen LogP contribution in [0.25, 0.3) is 0 Å². The van der Waals surface area contributed by atoms with Crippen molar-refractivity contribution in [3.05, 3.63) is 52.2 Å². The van der Waals surface area contributed by atoms with Gasteiger partial charge in [-0.3, -0.25) is 0 Å². The molecule has 0 spiro atoms. The number of nitrogens with zero attached hydrogens (tertiary/aromatic N) is 4.